The molecule has 1 atom stereocenters. The van der Waals surface area contributed by atoms with Gasteiger partial charge in [0.2, 0.25) is 0 Å². The maximum atomic E-state index is 10.9. The van der Waals surface area contributed by atoms with E-state index in [0.29, 0.717) is 41.0 Å². The molecule has 0 aromatic carbocycles. The molecule has 0 saturated heterocycles. The van der Waals surface area contributed by atoms with Gasteiger partial charge >= 0.3 is 5.97 Å². The van der Waals surface area contributed by atoms with Crippen LogP contribution in [0.15, 0.2) is 17.3 Å². The minimum Gasteiger partial charge on any atom is -0.462 e. The molecule has 256 valence electrons. The summed E-state index contributed by atoms with van der Waals surface area (Å²) in [6, 6.07) is 0.343. The number of carbonyl (C=O) groups is 1. The number of thiol groups is 1. The summed E-state index contributed by atoms with van der Waals surface area (Å²) in [5.74, 6) is 3.32. The number of esters is 1. The fourth-order valence-corrected chi connectivity index (χ4v) is 3.28. The van der Waals surface area contributed by atoms with E-state index in [1.807, 2.05) is 6.92 Å². The third kappa shape index (κ3) is 73.9. The Kier molecular flexibility index (Phi) is 30.5. The smallest absolute Gasteiger partial charge is 0.333 e. The van der Waals surface area contributed by atoms with Crippen LogP contribution in [0.1, 0.15) is 150 Å². The molecule has 0 aromatic rings. The molecule has 0 bridgehead atoms. The van der Waals surface area contributed by atoms with E-state index in [1.54, 1.807) is 6.92 Å². The Morgan fingerprint density at radius 3 is 1.47 bits per heavy atom. The first-order chi connectivity index (χ1) is 18.9. The summed E-state index contributed by atoms with van der Waals surface area (Å²) < 4.78 is 4.94. The minimum atomic E-state index is -0.292. The first kappa shape index (κ1) is 51.0. The average molecular weight is 627 g/mol. The molecule has 0 spiro atoms. The lowest BCUT2D eigenvalue weighted by Gasteiger charge is -2.19. The van der Waals surface area contributed by atoms with E-state index in [2.05, 4.69) is 139 Å². The fourth-order valence-electron chi connectivity index (χ4n) is 2.61. The Morgan fingerprint density at radius 2 is 1.30 bits per heavy atom. The maximum Gasteiger partial charge on any atom is 0.333 e. The summed E-state index contributed by atoms with van der Waals surface area (Å²) in [4.78, 5) is 13.6. The number of azide groups is 1. The van der Waals surface area contributed by atoms with Crippen LogP contribution in [0.2, 0.25) is 0 Å². The maximum absolute atomic E-state index is 10.9. The molecule has 0 rings (SSSR count). The van der Waals surface area contributed by atoms with Crippen LogP contribution < -0.4 is 5.73 Å². The molecule has 0 aliphatic heterocycles. The number of nitrogens with two attached hydrogens (primary N) is 1. The van der Waals surface area contributed by atoms with E-state index < -0.39 is 0 Å². The van der Waals surface area contributed by atoms with E-state index >= 15 is 0 Å². The van der Waals surface area contributed by atoms with Crippen molar-refractivity contribution in [3.63, 3.8) is 0 Å². The summed E-state index contributed by atoms with van der Waals surface area (Å²) >= 11 is 4.11. The van der Waals surface area contributed by atoms with Gasteiger partial charge in [-0.1, -0.05) is 116 Å². The van der Waals surface area contributed by atoms with Gasteiger partial charge in [0.25, 0.3) is 0 Å². The molecule has 1 unspecified atom stereocenters. The summed E-state index contributed by atoms with van der Waals surface area (Å²) in [5.41, 5.74) is 15.7. The van der Waals surface area contributed by atoms with Gasteiger partial charge in [0, 0.05) is 29.5 Å². The van der Waals surface area contributed by atoms with Crippen LogP contribution in [-0.2, 0) is 9.53 Å². The van der Waals surface area contributed by atoms with E-state index in [-0.39, 0.29) is 16.8 Å². The van der Waals surface area contributed by atoms with Crippen molar-refractivity contribution >= 4 is 18.6 Å². The first-order valence-electron chi connectivity index (χ1n) is 15.6. The lowest BCUT2D eigenvalue weighted by molar-refractivity contribution is -0.139. The molecule has 0 fully saturated rings. The third-order valence-corrected chi connectivity index (χ3v) is 5.11. The Hall–Kier alpha value is -1.61. The van der Waals surface area contributed by atoms with Crippen LogP contribution >= 0.6 is 12.6 Å². The summed E-state index contributed by atoms with van der Waals surface area (Å²) in [5, 5.41) is 3.44. The van der Waals surface area contributed by atoms with E-state index in [9.17, 15) is 4.79 Å². The third-order valence-electron chi connectivity index (χ3n) is 4.89. The van der Waals surface area contributed by atoms with E-state index in [4.69, 9.17) is 22.4 Å². The van der Waals surface area contributed by atoms with Crippen molar-refractivity contribution < 1.29 is 9.53 Å². The first-order valence-corrected chi connectivity index (χ1v) is 16.2. The van der Waals surface area contributed by atoms with Crippen LogP contribution in [0.4, 0.5) is 0 Å². The SMILES string of the molecule is C#CCC(C)(C)C.C=C(C)C(=O)OCCC(C)(C)C.CC(C)(C)CCN=[N+]=[N-].CC(C)(C)CCS.CC(N)CC(C)(C)C. The van der Waals surface area contributed by atoms with Crippen molar-refractivity contribution in [3.8, 4) is 12.3 Å². The predicted octanol–water partition coefficient (Wildman–Crippen LogP) is 11.5. The molecular formula is C36H74N4O2S. The van der Waals surface area contributed by atoms with Gasteiger partial charge in [0.15, 0.2) is 0 Å². The van der Waals surface area contributed by atoms with Crippen LogP contribution in [-0.4, -0.2) is 30.9 Å². The highest BCUT2D eigenvalue weighted by molar-refractivity contribution is 7.80. The Morgan fingerprint density at radius 1 is 0.884 bits per heavy atom. The number of nitrogens with zero attached hydrogens (tertiary/aromatic N) is 3. The number of carbonyl (C=O) groups excluding carboxylic acids is 1. The van der Waals surface area contributed by atoms with Gasteiger partial charge in [0.1, 0.15) is 0 Å². The largest absolute Gasteiger partial charge is 0.462 e. The van der Waals surface area contributed by atoms with E-state index in [1.165, 1.54) is 6.42 Å². The van der Waals surface area contributed by atoms with Gasteiger partial charge in [-0.05, 0) is 77.9 Å². The average Bonchev–Trinajstić information content (AvgIpc) is 2.70. The molecule has 7 heteroatoms. The number of ether oxygens (including phenoxy) is 1. The Balaban J connectivity index is -0.000000142. The molecule has 0 saturated carbocycles. The topological polar surface area (TPSA) is 101 Å². The van der Waals surface area contributed by atoms with Crippen molar-refractivity contribution in [1.82, 2.24) is 0 Å². The zero-order valence-electron chi connectivity index (χ0n) is 31.7. The molecule has 0 aromatic heterocycles. The highest BCUT2D eigenvalue weighted by Crippen LogP contribution is 2.20. The zero-order chi connectivity index (χ0) is 35.7. The molecule has 0 radical (unpaired) electrons. The van der Waals surface area contributed by atoms with Gasteiger partial charge in [0.05, 0.1) is 6.61 Å². The second kappa shape index (κ2) is 25.7. The van der Waals surface area contributed by atoms with Gasteiger partial charge in [-0.15, -0.1) is 12.3 Å². The predicted molar refractivity (Wildman–Crippen MR) is 196 cm³/mol. The zero-order valence-corrected chi connectivity index (χ0v) is 32.6. The normalized spacial score (nSPS) is 12.0. The summed E-state index contributed by atoms with van der Waals surface area (Å²) in [6.07, 6.45) is 10.1. The molecule has 6 nitrogen and oxygen atoms in total. The molecular weight excluding hydrogens is 552 g/mol. The Bertz CT molecular complexity index is 788. The van der Waals surface area contributed by atoms with Gasteiger partial charge in [-0.2, -0.15) is 12.6 Å². The number of hydrogen-bond acceptors (Lipinski definition) is 5. The molecule has 2 N–H and O–H groups in total. The Labute approximate surface area is 275 Å². The second-order valence-electron chi connectivity index (χ2n) is 17.2. The monoisotopic (exact) mass is 627 g/mol. The van der Waals surface area contributed by atoms with Crippen LogP contribution in [0.5, 0.6) is 0 Å². The molecule has 0 amide bonds. The molecule has 0 aliphatic rings. The standard InChI is InChI=1S/C10H18O2.C7H17N.C7H12.C6H13N3.C6H14S/c1-8(2)9(11)12-7-6-10(3,4)5;1-6(8)5-7(2,3)4;1-5-6-7(2,3)4;1-6(2,3)4-5-8-9-7;1-6(2,3)4-5-7/h1,6-7H2,2-5H3;6H,5,8H2,1-4H3;1H,6H2,2-4H3;4-5H2,1-3H3;7H,4-5H2,1-3H3. The molecule has 0 heterocycles. The molecule has 43 heavy (non-hydrogen) atoms. The quantitative estimate of drug-likeness (QED) is 0.0559. The summed E-state index contributed by atoms with van der Waals surface area (Å²) in [7, 11) is 0. The van der Waals surface area contributed by atoms with Gasteiger partial charge in [-0.25, -0.2) is 4.79 Å². The lowest BCUT2D eigenvalue weighted by Crippen LogP contribution is -2.22. The second-order valence-corrected chi connectivity index (χ2v) is 17.7. The lowest BCUT2D eigenvalue weighted by atomic mass is 9.89. The summed E-state index contributed by atoms with van der Waals surface area (Å²) in [6.45, 7) is 40.7. The minimum absolute atomic E-state index is 0.218. The van der Waals surface area contributed by atoms with Crippen molar-refractivity contribution in [1.29, 1.82) is 0 Å². The van der Waals surface area contributed by atoms with Crippen molar-refractivity contribution in [2.24, 2.45) is 37.9 Å². The van der Waals surface area contributed by atoms with Crippen molar-refractivity contribution in [2.45, 2.75) is 156 Å². The van der Waals surface area contributed by atoms with E-state index in [0.717, 1.165) is 31.4 Å². The van der Waals surface area contributed by atoms with Crippen LogP contribution in [0, 0.1) is 39.4 Å². The highest BCUT2D eigenvalue weighted by atomic mass is 32.1. The van der Waals surface area contributed by atoms with Crippen LogP contribution in [0.3, 0.4) is 0 Å². The fraction of sp³-hybridized carbons (Fsp3) is 0.861. The number of rotatable bonds is 7. The number of hydrogen-bond donors (Lipinski definition) is 2. The van der Waals surface area contributed by atoms with Crippen LogP contribution in [0.25, 0.3) is 10.4 Å². The van der Waals surface area contributed by atoms with Gasteiger partial charge < -0.3 is 10.5 Å². The van der Waals surface area contributed by atoms with Crippen molar-refractivity contribution in [2.75, 3.05) is 18.9 Å². The van der Waals surface area contributed by atoms with Gasteiger partial charge in [-0.3, -0.25) is 0 Å². The number of terminal acetylenes is 1. The molecule has 0 aliphatic carbocycles. The highest BCUT2D eigenvalue weighted by Gasteiger charge is 2.12. The van der Waals surface area contributed by atoms with Crippen molar-refractivity contribution in [3.05, 3.63) is 22.6 Å².